The lowest BCUT2D eigenvalue weighted by molar-refractivity contribution is -0.116. The van der Waals surface area contributed by atoms with Gasteiger partial charge in [-0.05, 0) is 37.1 Å². The van der Waals surface area contributed by atoms with E-state index < -0.39 is 10.0 Å². The Morgan fingerprint density at radius 2 is 1.96 bits per heavy atom. The van der Waals surface area contributed by atoms with Crippen LogP contribution >= 0.6 is 11.8 Å². The van der Waals surface area contributed by atoms with Crippen LogP contribution < -0.4 is 21.1 Å². The second-order valence-corrected chi connectivity index (χ2v) is 9.32. The molecule has 0 aromatic heterocycles. The summed E-state index contributed by atoms with van der Waals surface area (Å²) >= 11 is 1.86. The summed E-state index contributed by atoms with van der Waals surface area (Å²) in [5.74, 6) is 0.824. The molecule has 0 aliphatic carbocycles. The number of hydrogen-bond donors (Lipinski definition) is 4. The number of unbranched alkanes of at least 4 members (excludes halogenated alkanes) is 1. The van der Waals surface area contributed by atoms with Crippen LogP contribution in [-0.2, 0) is 14.8 Å². The van der Waals surface area contributed by atoms with Crippen LogP contribution in [0.3, 0.4) is 0 Å². The third-order valence-electron chi connectivity index (χ3n) is 4.55. The summed E-state index contributed by atoms with van der Waals surface area (Å²) in [6.07, 6.45) is 3.03. The zero-order chi connectivity index (χ0) is 18.7. The first-order chi connectivity index (χ1) is 12.3. The number of carbonyl (C=O) groups excluding carboxylic acids is 2. The van der Waals surface area contributed by atoms with Gasteiger partial charge in [0, 0.05) is 23.1 Å². The van der Waals surface area contributed by atoms with E-state index in [1.165, 1.54) is 24.3 Å². The zero-order valence-electron chi connectivity index (χ0n) is 14.1. The highest BCUT2D eigenvalue weighted by atomic mass is 32.2. The molecule has 142 valence electrons. The minimum atomic E-state index is -3.73. The summed E-state index contributed by atoms with van der Waals surface area (Å²) in [5.41, 5.74) is 0.538. The molecular formula is C16H22N4O4S2. The van der Waals surface area contributed by atoms with Crippen molar-refractivity contribution < 1.29 is 18.0 Å². The largest absolute Gasteiger partial charge is 0.332 e. The van der Waals surface area contributed by atoms with E-state index >= 15 is 0 Å². The summed E-state index contributed by atoms with van der Waals surface area (Å²) < 4.78 is 22.4. The van der Waals surface area contributed by atoms with Crippen molar-refractivity contribution in [2.75, 3.05) is 11.1 Å². The van der Waals surface area contributed by atoms with Gasteiger partial charge in [0.2, 0.25) is 15.9 Å². The molecule has 0 saturated carbocycles. The van der Waals surface area contributed by atoms with Crippen molar-refractivity contribution in [2.45, 2.75) is 47.9 Å². The van der Waals surface area contributed by atoms with E-state index in [4.69, 9.17) is 5.14 Å². The predicted molar refractivity (Wildman–Crippen MR) is 100 cm³/mol. The molecule has 3 rings (SSSR count). The first-order valence-electron chi connectivity index (χ1n) is 8.44. The van der Waals surface area contributed by atoms with E-state index in [9.17, 15) is 18.0 Å². The zero-order valence-corrected chi connectivity index (χ0v) is 15.7. The van der Waals surface area contributed by atoms with Crippen molar-refractivity contribution in [2.24, 2.45) is 5.14 Å². The van der Waals surface area contributed by atoms with Gasteiger partial charge in [-0.25, -0.2) is 18.4 Å². The lowest BCUT2D eigenvalue weighted by Crippen LogP contribution is -2.36. The van der Waals surface area contributed by atoms with Crippen molar-refractivity contribution >= 4 is 39.4 Å². The Morgan fingerprint density at radius 1 is 1.23 bits per heavy atom. The Bertz CT molecular complexity index is 782. The molecule has 2 aliphatic rings. The van der Waals surface area contributed by atoms with E-state index in [1.54, 1.807) is 0 Å². The lowest BCUT2D eigenvalue weighted by Gasteiger charge is -2.16. The number of fused-ring (bicyclic) bond motifs is 1. The normalized spacial score (nSPS) is 24.7. The van der Waals surface area contributed by atoms with Crippen LogP contribution in [0, 0.1) is 0 Å². The second kappa shape index (κ2) is 7.85. The van der Waals surface area contributed by atoms with Gasteiger partial charge < -0.3 is 16.0 Å². The fourth-order valence-corrected chi connectivity index (χ4v) is 5.28. The van der Waals surface area contributed by atoms with Crippen LogP contribution in [0.15, 0.2) is 29.2 Å². The molecule has 1 aromatic carbocycles. The lowest BCUT2D eigenvalue weighted by atomic mass is 10.0. The number of thioether (sulfide) groups is 1. The summed E-state index contributed by atoms with van der Waals surface area (Å²) in [5, 5.41) is 14.1. The van der Waals surface area contributed by atoms with E-state index in [0.717, 1.165) is 25.0 Å². The van der Waals surface area contributed by atoms with Gasteiger partial charge in [0.25, 0.3) is 0 Å². The summed E-state index contributed by atoms with van der Waals surface area (Å²) in [6.45, 7) is 0. The third kappa shape index (κ3) is 4.68. The van der Waals surface area contributed by atoms with Crippen LogP contribution in [0.2, 0.25) is 0 Å². The number of hydrogen-bond acceptors (Lipinski definition) is 5. The fraction of sp³-hybridized carbons (Fsp3) is 0.500. The topological polar surface area (TPSA) is 130 Å². The number of rotatable bonds is 7. The number of urea groups is 1. The second-order valence-electron chi connectivity index (χ2n) is 6.49. The highest BCUT2D eigenvalue weighted by Gasteiger charge is 2.42. The molecular weight excluding hydrogens is 376 g/mol. The molecule has 0 radical (unpaired) electrons. The molecule has 0 unspecified atom stereocenters. The van der Waals surface area contributed by atoms with E-state index in [1.807, 2.05) is 11.8 Å². The highest BCUT2D eigenvalue weighted by Crippen LogP contribution is 2.33. The Kier molecular flexibility index (Phi) is 5.73. The molecule has 5 N–H and O–H groups in total. The van der Waals surface area contributed by atoms with E-state index in [0.29, 0.717) is 17.4 Å². The third-order valence-corrected chi connectivity index (χ3v) is 6.99. The first-order valence-corrected chi connectivity index (χ1v) is 11.0. The van der Waals surface area contributed by atoms with E-state index in [-0.39, 0.29) is 28.9 Å². The number of carbonyl (C=O) groups is 2. The number of sulfonamides is 1. The summed E-state index contributed by atoms with van der Waals surface area (Å²) in [4.78, 5) is 23.3. The van der Waals surface area contributed by atoms with Gasteiger partial charge in [0.05, 0.1) is 17.0 Å². The monoisotopic (exact) mass is 398 g/mol. The van der Waals surface area contributed by atoms with Crippen molar-refractivity contribution in [3.8, 4) is 0 Å². The minimum Gasteiger partial charge on any atom is -0.332 e. The molecule has 2 saturated heterocycles. The number of amides is 3. The quantitative estimate of drug-likeness (QED) is 0.402. The molecule has 3 amide bonds. The van der Waals surface area contributed by atoms with Crippen molar-refractivity contribution in [3.63, 3.8) is 0 Å². The maximum Gasteiger partial charge on any atom is 0.315 e. The van der Waals surface area contributed by atoms with Crippen LogP contribution in [-0.4, -0.2) is 43.4 Å². The minimum absolute atomic E-state index is 0.0105. The molecule has 2 aliphatic heterocycles. The maximum atomic E-state index is 12.0. The average molecular weight is 399 g/mol. The average Bonchev–Trinajstić information content (AvgIpc) is 3.11. The Labute approximate surface area is 156 Å². The van der Waals surface area contributed by atoms with E-state index in [2.05, 4.69) is 16.0 Å². The number of nitrogens with two attached hydrogens (primary N) is 1. The Hall–Kier alpha value is -1.78. The molecule has 2 heterocycles. The number of nitrogens with one attached hydrogen (secondary N) is 3. The standard InChI is InChI=1S/C16H22N4O4S2/c17-26(23,24)11-7-5-10(6-8-11)18-14(21)4-2-1-3-13-15-12(9-25-13)19-16(22)20-15/h5-8,12-13,15H,1-4,9H2,(H,18,21)(H2,17,23,24)(H2,19,20,22)/t12-,13-,15-/m0/s1. The molecule has 1 aromatic rings. The van der Waals surface area contributed by atoms with Crippen LogP contribution in [0.1, 0.15) is 25.7 Å². The number of primary sulfonamides is 1. The Balaban J connectivity index is 1.37. The van der Waals surface area contributed by atoms with Crippen LogP contribution in [0.25, 0.3) is 0 Å². The Morgan fingerprint density at radius 3 is 2.65 bits per heavy atom. The van der Waals surface area contributed by atoms with Crippen LogP contribution in [0.5, 0.6) is 0 Å². The molecule has 3 atom stereocenters. The molecule has 0 bridgehead atoms. The van der Waals surface area contributed by atoms with Gasteiger partial charge in [-0.3, -0.25) is 4.79 Å². The summed E-state index contributed by atoms with van der Waals surface area (Å²) in [6, 6.07) is 6.09. The fourth-order valence-electron chi connectivity index (χ4n) is 3.23. The number of anilines is 1. The van der Waals surface area contributed by atoms with Crippen molar-refractivity contribution in [1.29, 1.82) is 0 Å². The molecule has 8 nitrogen and oxygen atoms in total. The van der Waals surface area contributed by atoms with Gasteiger partial charge in [0.15, 0.2) is 0 Å². The van der Waals surface area contributed by atoms with Gasteiger partial charge in [-0.1, -0.05) is 6.42 Å². The molecule has 0 spiro atoms. The van der Waals surface area contributed by atoms with Gasteiger partial charge in [-0.15, -0.1) is 0 Å². The van der Waals surface area contributed by atoms with Crippen molar-refractivity contribution in [3.05, 3.63) is 24.3 Å². The SMILES string of the molecule is NS(=O)(=O)c1ccc(NC(=O)CCCC[C@@H]2SC[C@@H]3NC(=O)N[C@@H]32)cc1. The van der Waals surface area contributed by atoms with Crippen molar-refractivity contribution in [1.82, 2.24) is 10.6 Å². The molecule has 10 heteroatoms. The van der Waals surface area contributed by atoms with Crippen LogP contribution in [0.4, 0.5) is 10.5 Å². The first kappa shape index (κ1) is 19.0. The number of benzene rings is 1. The van der Waals surface area contributed by atoms with Gasteiger partial charge >= 0.3 is 6.03 Å². The highest BCUT2D eigenvalue weighted by molar-refractivity contribution is 8.00. The van der Waals surface area contributed by atoms with Gasteiger partial charge in [-0.2, -0.15) is 11.8 Å². The smallest absolute Gasteiger partial charge is 0.315 e. The van der Waals surface area contributed by atoms with Gasteiger partial charge in [0.1, 0.15) is 0 Å². The molecule has 26 heavy (non-hydrogen) atoms. The maximum absolute atomic E-state index is 12.0. The molecule has 2 fully saturated rings. The predicted octanol–water partition coefficient (Wildman–Crippen LogP) is 0.998. The summed E-state index contributed by atoms with van der Waals surface area (Å²) in [7, 11) is -3.73.